The molecule has 0 aliphatic carbocycles. The summed E-state index contributed by atoms with van der Waals surface area (Å²) in [5.74, 6) is 4.68. The first-order valence-corrected chi connectivity index (χ1v) is 6.12. The summed E-state index contributed by atoms with van der Waals surface area (Å²) in [4.78, 5) is 10.8. The van der Waals surface area contributed by atoms with E-state index in [0.29, 0.717) is 5.56 Å². The number of benzene rings is 2. The van der Waals surface area contributed by atoms with Gasteiger partial charge in [-0.15, -0.1) is 5.10 Å². The molecule has 2 aromatic rings. The number of carbonyl (C=O) groups is 1. The van der Waals surface area contributed by atoms with E-state index in [4.69, 9.17) is 15.7 Å². The lowest BCUT2D eigenvalue weighted by Crippen LogP contribution is -2.10. The average Bonchev–Trinajstić information content (AvgIpc) is 2.50. The number of hydrazone groups is 1. The van der Waals surface area contributed by atoms with Crippen LogP contribution in [0.25, 0.3) is 0 Å². The number of phenols is 1. The van der Waals surface area contributed by atoms with Gasteiger partial charge in [-0.05, 0) is 42.0 Å². The number of hydrogen-bond acceptors (Lipinski definition) is 5. The minimum Gasteiger partial charge on any atom is -0.508 e. The van der Waals surface area contributed by atoms with Crippen LogP contribution in [-0.2, 0) is 11.3 Å². The lowest BCUT2D eigenvalue weighted by atomic mass is 10.1. The van der Waals surface area contributed by atoms with Gasteiger partial charge in [0.05, 0.1) is 5.56 Å². The molecule has 0 saturated heterocycles. The fourth-order valence-corrected chi connectivity index (χ4v) is 1.69. The molecule has 0 aromatic heterocycles. The maximum absolute atomic E-state index is 10.8. The number of aromatic carboxylic acids is 1. The van der Waals surface area contributed by atoms with Crippen molar-refractivity contribution in [2.45, 2.75) is 6.61 Å². The molecule has 0 aliphatic heterocycles. The Balaban J connectivity index is 2.06. The first-order valence-electron chi connectivity index (χ1n) is 6.12. The zero-order chi connectivity index (χ0) is 15.2. The standard InChI is InChI=1S/C15H14N2O4/c16-17-14(11-3-5-12(6-4-11)15(19)20)21-9-10-1-7-13(18)8-2-10/h1-8,18H,9,16H2,(H,19,20)/b17-14-. The Labute approximate surface area is 121 Å². The van der Waals surface area contributed by atoms with Crippen LogP contribution < -0.4 is 5.84 Å². The van der Waals surface area contributed by atoms with Crippen molar-refractivity contribution < 1.29 is 19.7 Å². The molecule has 0 atom stereocenters. The highest BCUT2D eigenvalue weighted by Gasteiger charge is 2.08. The smallest absolute Gasteiger partial charge is 0.335 e. The van der Waals surface area contributed by atoms with E-state index in [-0.39, 0.29) is 23.8 Å². The predicted molar refractivity (Wildman–Crippen MR) is 77.0 cm³/mol. The van der Waals surface area contributed by atoms with Crippen LogP contribution in [0.4, 0.5) is 0 Å². The molecule has 6 nitrogen and oxygen atoms in total. The second-order valence-corrected chi connectivity index (χ2v) is 4.27. The molecule has 0 unspecified atom stereocenters. The molecular weight excluding hydrogens is 272 g/mol. The molecule has 0 bridgehead atoms. The molecule has 21 heavy (non-hydrogen) atoms. The summed E-state index contributed by atoms with van der Waals surface area (Å²) in [5, 5.41) is 21.6. The van der Waals surface area contributed by atoms with Gasteiger partial charge in [0, 0.05) is 5.56 Å². The van der Waals surface area contributed by atoms with Crippen LogP contribution >= 0.6 is 0 Å². The summed E-state index contributed by atoms with van der Waals surface area (Å²) in [6.45, 7) is 0.233. The number of hydrogen-bond donors (Lipinski definition) is 3. The first kappa shape index (κ1) is 14.4. The molecule has 0 amide bonds. The van der Waals surface area contributed by atoms with Crippen molar-refractivity contribution in [3.8, 4) is 5.75 Å². The molecule has 4 N–H and O–H groups in total. The third-order valence-corrected chi connectivity index (χ3v) is 2.81. The molecule has 0 radical (unpaired) electrons. The lowest BCUT2D eigenvalue weighted by Gasteiger charge is -2.09. The highest BCUT2D eigenvalue weighted by atomic mass is 16.5. The predicted octanol–water partition coefficient (Wildman–Crippen LogP) is 1.93. The maximum Gasteiger partial charge on any atom is 0.335 e. The van der Waals surface area contributed by atoms with E-state index in [1.807, 2.05) is 0 Å². The van der Waals surface area contributed by atoms with Crippen LogP contribution in [0, 0.1) is 0 Å². The van der Waals surface area contributed by atoms with Gasteiger partial charge in [-0.2, -0.15) is 0 Å². The Morgan fingerprint density at radius 3 is 2.14 bits per heavy atom. The van der Waals surface area contributed by atoms with Gasteiger partial charge in [0.2, 0.25) is 5.90 Å². The third kappa shape index (κ3) is 3.73. The fourth-order valence-electron chi connectivity index (χ4n) is 1.69. The maximum atomic E-state index is 10.8. The number of ether oxygens (including phenoxy) is 1. The van der Waals surface area contributed by atoms with Gasteiger partial charge in [0.1, 0.15) is 12.4 Å². The zero-order valence-electron chi connectivity index (χ0n) is 11.1. The number of rotatable bonds is 4. The van der Waals surface area contributed by atoms with Crippen LogP contribution in [-0.4, -0.2) is 22.1 Å². The van der Waals surface area contributed by atoms with Gasteiger partial charge in [0.25, 0.3) is 0 Å². The Bertz CT molecular complexity index is 648. The fraction of sp³-hybridized carbons (Fsp3) is 0.0667. The third-order valence-electron chi connectivity index (χ3n) is 2.81. The van der Waals surface area contributed by atoms with Crippen molar-refractivity contribution in [3.63, 3.8) is 0 Å². The molecule has 6 heteroatoms. The molecule has 0 spiro atoms. The highest BCUT2D eigenvalue weighted by Crippen LogP contribution is 2.12. The topological polar surface area (TPSA) is 105 Å². The molecule has 108 valence electrons. The van der Waals surface area contributed by atoms with E-state index in [2.05, 4.69) is 5.10 Å². The van der Waals surface area contributed by atoms with E-state index in [9.17, 15) is 9.90 Å². The van der Waals surface area contributed by atoms with Gasteiger partial charge in [0.15, 0.2) is 0 Å². The summed E-state index contributed by atoms with van der Waals surface area (Å²) < 4.78 is 5.50. The SMILES string of the molecule is N/N=C(\OCc1ccc(O)cc1)c1ccc(C(=O)O)cc1. The number of nitrogens with zero attached hydrogens (tertiary/aromatic N) is 1. The van der Waals surface area contributed by atoms with Crippen molar-refractivity contribution in [1.82, 2.24) is 0 Å². The number of aromatic hydroxyl groups is 1. The van der Waals surface area contributed by atoms with Gasteiger partial charge in [-0.3, -0.25) is 0 Å². The summed E-state index contributed by atoms with van der Waals surface area (Å²) in [5.41, 5.74) is 1.60. The zero-order valence-corrected chi connectivity index (χ0v) is 11.1. The van der Waals surface area contributed by atoms with Gasteiger partial charge in [-0.25, -0.2) is 4.79 Å². The van der Waals surface area contributed by atoms with Crippen molar-refractivity contribution in [1.29, 1.82) is 0 Å². The largest absolute Gasteiger partial charge is 0.508 e. The van der Waals surface area contributed by atoms with Crippen molar-refractivity contribution in [3.05, 3.63) is 65.2 Å². The number of nitrogens with two attached hydrogens (primary N) is 1. The number of carboxylic acids is 1. The van der Waals surface area contributed by atoms with E-state index in [1.54, 1.807) is 36.4 Å². The Morgan fingerprint density at radius 1 is 1.05 bits per heavy atom. The molecule has 0 heterocycles. The Kier molecular flexibility index (Phi) is 4.40. The van der Waals surface area contributed by atoms with E-state index < -0.39 is 5.97 Å². The second kappa shape index (κ2) is 6.42. The molecule has 0 aliphatic rings. The van der Waals surface area contributed by atoms with E-state index in [0.717, 1.165) is 5.56 Å². The number of carboxylic acid groups (broad SMARTS) is 1. The minimum atomic E-state index is -1.00. The summed E-state index contributed by atoms with van der Waals surface area (Å²) in [6, 6.07) is 12.6. The van der Waals surface area contributed by atoms with E-state index >= 15 is 0 Å². The quantitative estimate of drug-likeness (QED) is 0.345. The van der Waals surface area contributed by atoms with Crippen LogP contribution in [0.15, 0.2) is 53.6 Å². The second-order valence-electron chi connectivity index (χ2n) is 4.27. The lowest BCUT2D eigenvalue weighted by molar-refractivity contribution is 0.0697. The first-order chi connectivity index (χ1) is 10.1. The van der Waals surface area contributed by atoms with Crippen LogP contribution in [0.5, 0.6) is 5.75 Å². The highest BCUT2D eigenvalue weighted by molar-refractivity contribution is 5.95. The number of phenolic OH excluding ortho intramolecular Hbond substituents is 1. The van der Waals surface area contributed by atoms with Crippen LogP contribution in [0.1, 0.15) is 21.5 Å². The molecular formula is C15H14N2O4. The van der Waals surface area contributed by atoms with Crippen molar-refractivity contribution in [2.75, 3.05) is 0 Å². The Morgan fingerprint density at radius 2 is 1.62 bits per heavy atom. The molecule has 2 rings (SSSR count). The van der Waals surface area contributed by atoms with Gasteiger partial charge >= 0.3 is 5.97 Å². The van der Waals surface area contributed by atoms with E-state index in [1.165, 1.54) is 12.1 Å². The summed E-state index contributed by atoms with van der Waals surface area (Å²) in [7, 11) is 0. The Hall–Kier alpha value is -3.02. The van der Waals surface area contributed by atoms with Gasteiger partial charge < -0.3 is 20.8 Å². The summed E-state index contributed by atoms with van der Waals surface area (Å²) in [6.07, 6.45) is 0. The van der Waals surface area contributed by atoms with Gasteiger partial charge in [-0.1, -0.05) is 12.1 Å². The molecule has 0 saturated carbocycles. The molecule has 2 aromatic carbocycles. The average molecular weight is 286 g/mol. The van der Waals surface area contributed by atoms with Crippen LogP contribution in [0.2, 0.25) is 0 Å². The van der Waals surface area contributed by atoms with Crippen molar-refractivity contribution in [2.24, 2.45) is 10.9 Å². The minimum absolute atomic E-state index is 0.175. The van der Waals surface area contributed by atoms with Crippen molar-refractivity contribution >= 4 is 11.9 Å². The molecule has 0 fully saturated rings. The summed E-state index contributed by atoms with van der Waals surface area (Å²) >= 11 is 0. The van der Waals surface area contributed by atoms with Crippen LogP contribution in [0.3, 0.4) is 0 Å². The monoisotopic (exact) mass is 286 g/mol. The normalized spacial score (nSPS) is 11.1.